The molecule has 0 aromatic heterocycles. The van der Waals surface area contributed by atoms with Gasteiger partial charge in [0.1, 0.15) is 11.6 Å². The van der Waals surface area contributed by atoms with Crippen molar-refractivity contribution in [3.8, 4) is 0 Å². The van der Waals surface area contributed by atoms with Crippen LogP contribution >= 0.6 is 11.8 Å². The Labute approximate surface area is 88.7 Å². The van der Waals surface area contributed by atoms with Crippen LogP contribution in [0.25, 0.3) is 0 Å². The predicted molar refractivity (Wildman–Crippen MR) is 50.7 cm³/mol. The van der Waals surface area contributed by atoms with E-state index >= 15 is 0 Å². The summed E-state index contributed by atoms with van der Waals surface area (Å²) in [6.45, 7) is 0. The van der Waals surface area contributed by atoms with Crippen molar-refractivity contribution < 1.29 is 23.8 Å². The molecule has 1 unspecified atom stereocenters. The van der Waals surface area contributed by atoms with Crippen molar-refractivity contribution >= 4 is 17.7 Å². The molecule has 0 saturated heterocycles. The number of aliphatic hydroxyl groups excluding tert-OH is 1. The van der Waals surface area contributed by atoms with Crippen molar-refractivity contribution in [1.29, 1.82) is 0 Å². The largest absolute Gasteiger partial charge is 0.479 e. The summed E-state index contributed by atoms with van der Waals surface area (Å²) >= 11 is 0.872. The molecule has 0 saturated carbocycles. The van der Waals surface area contributed by atoms with Gasteiger partial charge in [-0.2, -0.15) is 0 Å². The van der Waals surface area contributed by atoms with Crippen molar-refractivity contribution in [2.75, 3.05) is 6.26 Å². The average molecular weight is 234 g/mol. The van der Waals surface area contributed by atoms with Gasteiger partial charge in [-0.05, 0) is 24.0 Å². The third kappa shape index (κ3) is 2.45. The molecule has 15 heavy (non-hydrogen) atoms. The Morgan fingerprint density at radius 2 is 1.87 bits per heavy atom. The van der Waals surface area contributed by atoms with Crippen molar-refractivity contribution in [3.05, 3.63) is 29.3 Å². The van der Waals surface area contributed by atoms with Gasteiger partial charge in [0.05, 0.1) is 4.90 Å². The monoisotopic (exact) mass is 234 g/mol. The zero-order valence-electron chi connectivity index (χ0n) is 7.70. The SMILES string of the molecule is CSc1c(F)cc(C(O)C(=O)O)cc1F. The molecule has 0 radical (unpaired) electrons. The molecule has 1 aromatic carbocycles. The summed E-state index contributed by atoms with van der Waals surface area (Å²) in [5.74, 6) is -3.30. The Bertz CT molecular complexity index is 372. The van der Waals surface area contributed by atoms with Crippen LogP contribution in [0.3, 0.4) is 0 Å². The maximum atomic E-state index is 13.2. The number of hydrogen-bond donors (Lipinski definition) is 2. The number of thioether (sulfide) groups is 1. The maximum absolute atomic E-state index is 13.2. The van der Waals surface area contributed by atoms with Gasteiger partial charge in [0.25, 0.3) is 0 Å². The van der Waals surface area contributed by atoms with Crippen molar-refractivity contribution in [1.82, 2.24) is 0 Å². The summed E-state index contributed by atoms with van der Waals surface area (Å²) in [4.78, 5) is 10.2. The summed E-state index contributed by atoms with van der Waals surface area (Å²) in [6.07, 6.45) is -0.417. The zero-order chi connectivity index (χ0) is 11.6. The number of rotatable bonds is 3. The molecule has 0 amide bonds. The Morgan fingerprint density at radius 3 is 2.20 bits per heavy atom. The van der Waals surface area contributed by atoms with Gasteiger partial charge in [0.15, 0.2) is 6.10 Å². The number of carboxylic acid groups (broad SMARTS) is 1. The van der Waals surface area contributed by atoms with Gasteiger partial charge in [-0.3, -0.25) is 0 Å². The molecule has 1 atom stereocenters. The molecule has 2 N–H and O–H groups in total. The van der Waals surface area contributed by atoms with E-state index in [0.29, 0.717) is 0 Å². The molecular formula is C9H8F2O3S. The molecule has 82 valence electrons. The van der Waals surface area contributed by atoms with Gasteiger partial charge in [0, 0.05) is 0 Å². The average Bonchev–Trinajstić information content (AvgIpc) is 2.15. The van der Waals surface area contributed by atoms with Gasteiger partial charge in [-0.15, -0.1) is 11.8 Å². The Morgan fingerprint density at radius 1 is 1.40 bits per heavy atom. The van der Waals surface area contributed by atoms with Crippen LogP contribution in [0.2, 0.25) is 0 Å². The van der Waals surface area contributed by atoms with Gasteiger partial charge < -0.3 is 10.2 Å². The van der Waals surface area contributed by atoms with Crippen LogP contribution in [-0.4, -0.2) is 22.4 Å². The highest BCUT2D eigenvalue weighted by molar-refractivity contribution is 7.98. The number of aliphatic carboxylic acids is 1. The van der Waals surface area contributed by atoms with Crippen molar-refractivity contribution in [2.45, 2.75) is 11.0 Å². The highest BCUT2D eigenvalue weighted by atomic mass is 32.2. The molecule has 0 bridgehead atoms. The highest BCUT2D eigenvalue weighted by Gasteiger charge is 2.20. The molecule has 3 nitrogen and oxygen atoms in total. The van der Waals surface area contributed by atoms with E-state index < -0.39 is 23.7 Å². The number of aliphatic hydroxyl groups is 1. The van der Waals surface area contributed by atoms with Gasteiger partial charge in [0.2, 0.25) is 0 Å². The van der Waals surface area contributed by atoms with Gasteiger partial charge in [-0.25, -0.2) is 13.6 Å². The van der Waals surface area contributed by atoms with Crippen LogP contribution in [0, 0.1) is 11.6 Å². The second-order valence-electron chi connectivity index (χ2n) is 2.76. The minimum absolute atomic E-state index is 0.198. The topological polar surface area (TPSA) is 57.5 Å². The van der Waals surface area contributed by atoms with E-state index in [4.69, 9.17) is 10.2 Å². The Balaban J connectivity index is 3.19. The first-order valence-electron chi connectivity index (χ1n) is 3.91. The highest BCUT2D eigenvalue weighted by Crippen LogP contribution is 2.26. The van der Waals surface area contributed by atoms with E-state index in [0.717, 1.165) is 23.9 Å². The third-order valence-corrected chi connectivity index (χ3v) is 2.57. The van der Waals surface area contributed by atoms with Crippen LogP contribution in [0.4, 0.5) is 8.78 Å². The minimum atomic E-state index is -1.91. The normalized spacial score (nSPS) is 12.5. The summed E-state index contributed by atoms with van der Waals surface area (Å²) < 4.78 is 26.3. The molecule has 0 aliphatic heterocycles. The zero-order valence-corrected chi connectivity index (χ0v) is 8.52. The second-order valence-corrected chi connectivity index (χ2v) is 3.58. The fourth-order valence-corrected chi connectivity index (χ4v) is 1.58. The van der Waals surface area contributed by atoms with Crippen LogP contribution < -0.4 is 0 Å². The standard InChI is InChI=1S/C9H8F2O3S/c1-15-8-5(10)2-4(3-6(8)11)7(12)9(13)14/h2-3,7,12H,1H3,(H,13,14). The first kappa shape index (κ1) is 11.9. The molecule has 0 aliphatic rings. The lowest BCUT2D eigenvalue weighted by molar-refractivity contribution is -0.146. The maximum Gasteiger partial charge on any atom is 0.337 e. The molecule has 1 rings (SSSR count). The third-order valence-electron chi connectivity index (χ3n) is 1.77. The Hall–Kier alpha value is -1.14. The van der Waals surface area contributed by atoms with Crippen LogP contribution in [-0.2, 0) is 4.79 Å². The quantitative estimate of drug-likeness (QED) is 0.783. The number of halogens is 2. The molecule has 0 fully saturated rings. The molecule has 6 heteroatoms. The molecule has 0 heterocycles. The van der Waals surface area contributed by atoms with Crippen LogP contribution in [0.15, 0.2) is 17.0 Å². The summed E-state index contributed by atoms with van der Waals surface area (Å²) in [6, 6.07) is 1.63. The van der Waals surface area contributed by atoms with Crippen LogP contribution in [0.1, 0.15) is 11.7 Å². The van der Waals surface area contributed by atoms with E-state index in [9.17, 15) is 13.6 Å². The predicted octanol–water partition coefficient (Wildman–Crippen LogP) is 1.80. The summed E-state index contributed by atoms with van der Waals surface area (Å²) in [5.41, 5.74) is -0.310. The molecule has 0 aliphatic carbocycles. The van der Waals surface area contributed by atoms with Gasteiger partial charge >= 0.3 is 5.97 Å². The van der Waals surface area contributed by atoms with E-state index in [1.54, 1.807) is 0 Å². The van der Waals surface area contributed by atoms with E-state index in [1.165, 1.54) is 6.26 Å². The summed E-state index contributed by atoms with van der Waals surface area (Å²) in [5, 5.41) is 17.5. The molecular weight excluding hydrogens is 226 g/mol. The fourth-order valence-electron chi connectivity index (χ4n) is 1.07. The molecule has 0 spiro atoms. The number of carbonyl (C=O) groups is 1. The lowest BCUT2D eigenvalue weighted by atomic mass is 10.1. The smallest absolute Gasteiger partial charge is 0.337 e. The van der Waals surface area contributed by atoms with Crippen molar-refractivity contribution in [3.63, 3.8) is 0 Å². The second kappa shape index (κ2) is 4.59. The van der Waals surface area contributed by atoms with E-state index in [2.05, 4.69) is 0 Å². The summed E-state index contributed by atoms with van der Waals surface area (Å²) in [7, 11) is 0. The molecule has 1 aromatic rings. The lowest BCUT2D eigenvalue weighted by Crippen LogP contribution is -2.11. The minimum Gasteiger partial charge on any atom is -0.479 e. The van der Waals surface area contributed by atoms with Gasteiger partial charge in [-0.1, -0.05) is 0 Å². The number of benzene rings is 1. The first-order valence-corrected chi connectivity index (χ1v) is 5.13. The fraction of sp³-hybridized carbons (Fsp3) is 0.222. The Kier molecular flexibility index (Phi) is 3.65. The van der Waals surface area contributed by atoms with Crippen molar-refractivity contribution in [2.24, 2.45) is 0 Å². The van der Waals surface area contributed by atoms with E-state index in [1.807, 2.05) is 0 Å². The number of carboxylic acids is 1. The lowest BCUT2D eigenvalue weighted by Gasteiger charge is -2.08. The first-order chi connectivity index (χ1) is 6.97. The number of hydrogen-bond acceptors (Lipinski definition) is 3. The van der Waals surface area contributed by atoms with E-state index in [-0.39, 0.29) is 10.5 Å². The van der Waals surface area contributed by atoms with Crippen LogP contribution in [0.5, 0.6) is 0 Å².